The van der Waals surface area contributed by atoms with Crippen LogP contribution in [0.1, 0.15) is 32.8 Å². The minimum absolute atomic E-state index is 0.0203. The van der Waals surface area contributed by atoms with Crippen molar-refractivity contribution in [3.05, 3.63) is 47.8 Å². The first-order valence-electron chi connectivity index (χ1n) is 10.9. The highest BCUT2D eigenvalue weighted by Gasteiger charge is 2.26. The van der Waals surface area contributed by atoms with Crippen LogP contribution in [0.3, 0.4) is 0 Å². The van der Waals surface area contributed by atoms with Crippen LogP contribution < -0.4 is 10.6 Å². The smallest absolute Gasteiger partial charge is 0.408 e. The Labute approximate surface area is 189 Å². The number of alkyl carbamates (subject to hydrolysis) is 1. The normalized spacial score (nSPS) is 15.1. The predicted octanol–water partition coefficient (Wildman–Crippen LogP) is 2.18. The number of morpholine rings is 1. The van der Waals surface area contributed by atoms with Crippen LogP contribution in [-0.4, -0.2) is 61.8 Å². The third-order valence-corrected chi connectivity index (χ3v) is 4.64. The van der Waals surface area contributed by atoms with Gasteiger partial charge in [0.2, 0.25) is 5.91 Å². The van der Waals surface area contributed by atoms with Crippen molar-refractivity contribution in [1.82, 2.24) is 15.5 Å². The zero-order chi connectivity index (χ0) is 23.3. The summed E-state index contributed by atoms with van der Waals surface area (Å²) in [6.07, 6.45) is 1.24. The summed E-state index contributed by atoms with van der Waals surface area (Å²) in [5.41, 5.74) is 0.859. The van der Waals surface area contributed by atoms with Gasteiger partial charge < -0.3 is 29.7 Å². The summed E-state index contributed by atoms with van der Waals surface area (Å²) in [5.74, 6) is -1.03. The van der Waals surface area contributed by atoms with E-state index in [2.05, 4.69) is 10.6 Å². The van der Waals surface area contributed by atoms with Crippen LogP contribution in [0.2, 0.25) is 0 Å². The van der Waals surface area contributed by atoms with Crippen molar-refractivity contribution in [2.24, 2.45) is 5.92 Å². The van der Waals surface area contributed by atoms with Crippen molar-refractivity contribution in [2.45, 2.75) is 39.8 Å². The maximum atomic E-state index is 13.0. The van der Waals surface area contributed by atoms with Gasteiger partial charge in [0.25, 0.3) is 0 Å². The van der Waals surface area contributed by atoms with Crippen LogP contribution >= 0.6 is 0 Å². The Kier molecular flexibility index (Phi) is 10.5. The molecule has 1 aliphatic rings. The summed E-state index contributed by atoms with van der Waals surface area (Å²) < 4.78 is 15.6. The Morgan fingerprint density at radius 3 is 2.44 bits per heavy atom. The minimum atomic E-state index is -0.874. The molecule has 1 aromatic carbocycles. The topological polar surface area (TPSA) is 106 Å². The number of rotatable bonds is 10. The van der Waals surface area contributed by atoms with Gasteiger partial charge in [0.15, 0.2) is 0 Å². The first kappa shape index (κ1) is 25.2. The lowest BCUT2D eigenvalue weighted by Gasteiger charge is -2.26. The van der Waals surface area contributed by atoms with Crippen molar-refractivity contribution < 1.29 is 28.6 Å². The Balaban J connectivity index is 2.04. The highest BCUT2D eigenvalue weighted by Crippen LogP contribution is 2.09. The highest BCUT2D eigenvalue weighted by molar-refractivity contribution is 5.96. The number of nitrogens with zero attached hydrogens (tertiary/aromatic N) is 1. The molecule has 0 radical (unpaired) electrons. The van der Waals surface area contributed by atoms with Gasteiger partial charge in [-0.25, -0.2) is 9.59 Å². The van der Waals surface area contributed by atoms with E-state index in [9.17, 15) is 14.4 Å². The second kappa shape index (κ2) is 13.4. The maximum absolute atomic E-state index is 13.0. The summed E-state index contributed by atoms with van der Waals surface area (Å²) in [6, 6.07) is 8.38. The quantitative estimate of drug-likeness (QED) is 0.418. The third-order valence-electron chi connectivity index (χ3n) is 4.64. The molecule has 176 valence electrons. The second-order valence-electron chi connectivity index (χ2n) is 7.79. The number of ether oxygens (including phenoxy) is 3. The van der Waals surface area contributed by atoms with Crippen LogP contribution in [-0.2, 0) is 30.4 Å². The number of carbonyl (C=O) groups is 3. The molecule has 9 heteroatoms. The van der Waals surface area contributed by atoms with Crippen LogP contribution in [0.4, 0.5) is 4.79 Å². The van der Waals surface area contributed by atoms with E-state index in [1.807, 2.05) is 49.1 Å². The molecule has 0 saturated carbocycles. The van der Waals surface area contributed by atoms with E-state index >= 15 is 0 Å². The second-order valence-corrected chi connectivity index (χ2v) is 7.79. The Morgan fingerprint density at radius 1 is 1.12 bits per heavy atom. The fourth-order valence-electron chi connectivity index (χ4n) is 3.06. The molecule has 2 amide bonds. The molecule has 2 rings (SSSR count). The van der Waals surface area contributed by atoms with Gasteiger partial charge in [-0.1, -0.05) is 44.2 Å². The minimum Gasteiger partial charge on any atom is -0.461 e. The van der Waals surface area contributed by atoms with Gasteiger partial charge in [0.1, 0.15) is 18.3 Å². The summed E-state index contributed by atoms with van der Waals surface area (Å²) in [5, 5.41) is 5.24. The lowest BCUT2D eigenvalue weighted by atomic mass is 10.0. The van der Waals surface area contributed by atoms with Crippen LogP contribution in [0, 0.1) is 5.92 Å². The van der Waals surface area contributed by atoms with Crippen LogP contribution in [0.15, 0.2) is 42.2 Å². The summed E-state index contributed by atoms with van der Waals surface area (Å²) in [7, 11) is 0. The number of nitrogens with one attached hydrogen (secondary N) is 2. The molecule has 1 heterocycles. The monoisotopic (exact) mass is 447 g/mol. The van der Waals surface area contributed by atoms with Crippen LogP contribution in [0.25, 0.3) is 0 Å². The molecule has 9 nitrogen and oxygen atoms in total. The molecule has 1 aliphatic heterocycles. The first-order chi connectivity index (χ1) is 15.4. The van der Waals surface area contributed by atoms with Crippen molar-refractivity contribution >= 4 is 18.0 Å². The zero-order valence-electron chi connectivity index (χ0n) is 19.0. The Bertz CT molecular complexity index is 775. The third kappa shape index (κ3) is 8.97. The molecule has 1 saturated heterocycles. The fourth-order valence-corrected chi connectivity index (χ4v) is 3.06. The average molecular weight is 448 g/mol. The molecule has 2 N–H and O–H groups in total. The lowest BCUT2D eigenvalue weighted by molar-refractivity contribution is -0.140. The molecule has 32 heavy (non-hydrogen) atoms. The van der Waals surface area contributed by atoms with Gasteiger partial charge in [-0.05, 0) is 24.8 Å². The van der Waals surface area contributed by atoms with Gasteiger partial charge in [-0.15, -0.1) is 0 Å². The number of hydrogen-bond donors (Lipinski definition) is 2. The van der Waals surface area contributed by atoms with E-state index in [1.165, 1.54) is 0 Å². The molecule has 1 aromatic rings. The maximum Gasteiger partial charge on any atom is 0.408 e. The number of amides is 2. The molecule has 1 atom stereocenters. The predicted molar refractivity (Wildman–Crippen MR) is 118 cm³/mol. The number of carbonyl (C=O) groups excluding carboxylic acids is 3. The van der Waals surface area contributed by atoms with Crippen molar-refractivity contribution in [2.75, 3.05) is 32.9 Å². The van der Waals surface area contributed by atoms with Gasteiger partial charge in [-0.3, -0.25) is 4.79 Å². The average Bonchev–Trinajstić information content (AvgIpc) is 2.78. The molecular weight excluding hydrogens is 414 g/mol. The summed E-state index contributed by atoms with van der Waals surface area (Å²) in [4.78, 5) is 39.6. The van der Waals surface area contributed by atoms with E-state index < -0.39 is 24.0 Å². The molecule has 0 bridgehead atoms. The number of benzene rings is 1. The molecule has 0 aromatic heterocycles. The van der Waals surface area contributed by atoms with Crippen LogP contribution in [0.5, 0.6) is 0 Å². The largest absolute Gasteiger partial charge is 0.461 e. The van der Waals surface area contributed by atoms with E-state index in [0.29, 0.717) is 32.7 Å². The van der Waals surface area contributed by atoms with Gasteiger partial charge in [0.05, 0.1) is 19.8 Å². The van der Waals surface area contributed by atoms with Crippen molar-refractivity contribution in [3.63, 3.8) is 0 Å². The lowest BCUT2D eigenvalue weighted by Crippen LogP contribution is -2.48. The summed E-state index contributed by atoms with van der Waals surface area (Å²) in [6.45, 7) is 8.09. The number of esters is 1. The van der Waals surface area contributed by atoms with Crippen molar-refractivity contribution in [3.8, 4) is 0 Å². The SMILES string of the molecule is CCOC(=O)/C(=C\N1CCOCC1)NC(=O)[C@H](CC(C)C)NC(=O)OCc1ccccc1. The van der Waals surface area contributed by atoms with Crippen molar-refractivity contribution in [1.29, 1.82) is 0 Å². The van der Waals surface area contributed by atoms with E-state index in [0.717, 1.165) is 5.56 Å². The fraction of sp³-hybridized carbons (Fsp3) is 0.522. The van der Waals surface area contributed by atoms with Gasteiger partial charge in [0, 0.05) is 19.3 Å². The molecule has 0 unspecified atom stereocenters. The molecule has 0 spiro atoms. The standard InChI is InChI=1S/C23H33N3O6/c1-4-31-22(28)20(15-26-10-12-30-13-11-26)24-21(27)19(14-17(2)3)25-23(29)32-16-18-8-6-5-7-9-18/h5-9,15,17,19H,4,10-14,16H2,1-3H3,(H,24,27)(H,25,29)/b20-15+/t19-/m0/s1. The number of hydrogen-bond acceptors (Lipinski definition) is 7. The first-order valence-corrected chi connectivity index (χ1v) is 10.9. The molecule has 1 fully saturated rings. The molecular formula is C23H33N3O6. The molecule has 0 aliphatic carbocycles. The van der Waals surface area contributed by atoms with Gasteiger partial charge in [-0.2, -0.15) is 0 Å². The van der Waals surface area contributed by atoms with E-state index in [-0.39, 0.29) is 24.8 Å². The van der Waals surface area contributed by atoms with E-state index in [4.69, 9.17) is 14.2 Å². The van der Waals surface area contributed by atoms with E-state index in [1.54, 1.807) is 13.1 Å². The van der Waals surface area contributed by atoms with Gasteiger partial charge >= 0.3 is 12.1 Å². The summed E-state index contributed by atoms with van der Waals surface area (Å²) >= 11 is 0. The highest BCUT2D eigenvalue weighted by atomic mass is 16.5. The zero-order valence-corrected chi connectivity index (χ0v) is 19.0. The Hall–Kier alpha value is -3.07. The Morgan fingerprint density at radius 2 is 1.81 bits per heavy atom.